The lowest BCUT2D eigenvalue weighted by Gasteiger charge is -2.02. The molecule has 12 heavy (non-hydrogen) atoms. The van der Waals surface area contributed by atoms with E-state index in [1.54, 1.807) is 13.1 Å². The number of aliphatic imine (C=N–C) groups is 1. The van der Waals surface area contributed by atoms with Crippen LogP contribution in [0.1, 0.15) is 20.3 Å². The Hall–Kier alpha value is -1.25. The number of nitrogens with one attached hydrogen (secondary N) is 1. The molecule has 3 heteroatoms. The number of aliphatic hydroxyl groups excluding tert-OH is 1. The van der Waals surface area contributed by atoms with Crippen LogP contribution in [-0.2, 0) is 0 Å². The molecule has 0 bridgehead atoms. The fourth-order valence-electron chi connectivity index (χ4n) is 1.12. The Morgan fingerprint density at radius 3 is 2.83 bits per heavy atom. The van der Waals surface area contributed by atoms with Gasteiger partial charge in [0.1, 0.15) is 5.84 Å². The van der Waals surface area contributed by atoms with E-state index in [1.807, 2.05) is 6.92 Å². The second-order valence-electron chi connectivity index (χ2n) is 2.77. The summed E-state index contributed by atoms with van der Waals surface area (Å²) in [6.45, 7) is 4.12. The summed E-state index contributed by atoms with van der Waals surface area (Å²) >= 11 is 0. The smallest absolute Gasteiger partial charge is 0.190 e. The van der Waals surface area contributed by atoms with Crippen molar-refractivity contribution in [2.75, 3.05) is 7.05 Å². The lowest BCUT2D eigenvalue weighted by atomic mass is 10.1. The van der Waals surface area contributed by atoms with Gasteiger partial charge in [-0.2, -0.15) is 0 Å². The fraction of sp³-hybridized carbons (Fsp3) is 0.444. The standard InChI is InChI=1S/C9H14N2O/c1-4-6(2)7-5-8(12)11-9(7)10-3/h5,12H,4H2,1-3H3,(H,10,11)/b7-6-. The molecule has 0 fully saturated rings. The second-order valence-corrected chi connectivity index (χ2v) is 2.77. The Morgan fingerprint density at radius 2 is 2.33 bits per heavy atom. The average molecular weight is 166 g/mol. The molecule has 0 aromatic rings. The van der Waals surface area contributed by atoms with Crippen molar-refractivity contribution in [1.29, 1.82) is 0 Å². The topological polar surface area (TPSA) is 44.6 Å². The van der Waals surface area contributed by atoms with Gasteiger partial charge in [0.2, 0.25) is 0 Å². The van der Waals surface area contributed by atoms with Gasteiger partial charge in [-0.25, -0.2) is 0 Å². The lowest BCUT2D eigenvalue weighted by molar-refractivity contribution is 0.392. The largest absolute Gasteiger partial charge is 0.495 e. The molecule has 1 rings (SSSR count). The molecule has 0 amide bonds. The first-order valence-corrected chi connectivity index (χ1v) is 4.03. The fourth-order valence-corrected chi connectivity index (χ4v) is 1.12. The van der Waals surface area contributed by atoms with Crippen LogP contribution in [0.5, 0.6) is 0 Å². The molecule has 0 saturated heterocycles. The molecular weight excluding hydrogens is 152 g/mol. The van der Waals surface area contributed by atoms with Gasteiger partial charge in [0.15, 0.2) is 5.88 Å². The minimum Gasteiger partial charge on any atom is -0.495 e. The van der Waals surface area contributed by atoms with Crippen molar-refractivity contribution >= 4 is 5.84 Å². The third-order valence-corrected chi connectivity index (χ3v) is 2.00. The highest BCUT2D eigenvalue weighted by molar-refractivity contribution is 6.04. The van der Waals surface area contributed by atoms with Crippen molar-refractivity contribution in [1.82, 2.24) is 5.32 Å². The van der Waals surface area contributed by atoms with E-state index in [0.717, 1.165) is 17.8 Å². The number of amidine groups is 1. The SMILES string of the molecule is CC/C(C)=C1/C=C(O)NC1=NC. The van der Waals surface area contributed by atoms with E-state index in [9.17, 15) is 5.11 Å². The molecule has 0 unspecified atom stereocenters. The molecular formula is C9H14N2O. The maximum atomic E-state index is 9.18. The summed E-state index contributed by atoms with van der Waals surface area (Å²) in [6, 6.07) is 0. The summed E-state index contributed by atoms with van der Waals surface area (Å²) in [5.74, 6) is 0.935. The summed E-state index contributed by atoms with van der Waals surface area (Å²) in [5.41, 5.74) is 2.24. The highest BCUT2D eigenvalue weighted by atomic mass is 16.3. The first-order chi connectivity index (χ1) is 5.69. The van der Waals surface area contributed by atoms with E-state index >= 15 is 0 Å². The normalized spacial score (nSPS) is 23.9. The van der Waals surface area contributed by atoms with Crippen LogP contribution in [0, 0.1) is 0 Å². The number of hydrogen-bond donors (Lipinski definition) is 2. The summed E-state index contributed by atoms with van der Waals surface area (Å²) in [5, 5.41) is 12.0. The van der Waals surface area contributed by atoms with Gasteiger partial charge in [-0.05, 0) is 13.3 Å². The molecule has 0 radical (unpaired) electrons. The van der Waals surface area contributed by atoms with Crippen molar-refractivity contribution in [3.8, 4) is 0 Å². The first-order valence-electron chi connectivity index (χ1n) is 4.03. The van der Waals surface area contributed by atoms with E-state index in [0.29, 0.717) is 0 Å². The zero-order valence-corrected chi connectivity index (χ0v) is 7.68. The zero-order valence-electron chi connectivity index (χ0n) is 7.68. The van der Waals surface area contributed by atoms with Gasteiger partial charge in [-0.3, -0.25) is 4.99 Å². The first kappa shape index (κ1) is 8.84. The van der Waals surface area contributed by atoms with Crippen LogP contribution < -0.4 is 5.32 Å². The van der Waals surface area contributed by atoms with E-state index in [-0.39, 0.29) is 5.88 Å². The van der Waals surface area contributed by atoms with E-state index in [1.165, 1.54) is 5.57 Å². The van der Waals surface area contributed by atoms with Crippen molar-refractivity contribution in [2.24, 2.45) is 4.99 Å². The molecule has 2 N–H and O–H groups in total. The third kappa shape index (κ3) is 1.49. The Kier molecular flexibility index (Phi) is 2.53. The molecule has 1 heterocycles. The second kappa shape index (κ2) is 3.43. The Labute approximate surface area is 72.5 Å². The van der Waals surface area contributed by atoms with Crippen LogP contribution in [0.3, 0.4) is 0 Å². The minimum atomic E-state index is 0.179. The molecule has 0 saturated carbocycles. The van der Waals surface area contributed by atoms with Gasteiger partial charge >= 0.3 is 0 Å². The van der Waals surface area contributed by atoms with Gasteiger partial charge in [0.05, 0.1) is 0 Å². The third-order valence-electron chi connectivity index (χ3n) is 2.00. The van der Waals surface area contributed by atoms with E-state index in [2.05, 4.69) is 17.2 Å². The van der Waals surface area contributed by atoms with Gasteiger partial charge in [0.25, 0.3) is 0 Å². The molecule has 0 aliphatic carbocycles. The Morgan fingerprint density at radius 1 is 1.67 bits per heavy atom. The molecule has 1 aliphatic heterocycles. The molecule has 0 atom stereocenters. The summed E-state index contributed by atoms with van der Waals surface area (Å²) < 4.78 is 0. The van der Waals surface area contributed by atoms with Crippen LogP contribution >= 0.6 is 0 Å². The van der Waals surface area contributed by atoms with Crippen molar-refractivity contribution in [3.05, 3.63) is 23.1 Å². The number of rotatable bonds is 1. The van der Waals surface area contributed by atoms with Crippen LogP contribution in [-0.4, -0.2) is 18.0 Å². The quantitative estimate of drug-likeness (QED) is 0.623. The molecule has 1 aliphatic rings. The Bertz CT molecular complexity index is 274. The zero-order chi connectivity index (χ0) is 9.14. The van der Waals surface area contributed by atoms with Crippen LogP contribution in [0.15, 0.2) is 28.1 Å². The summed E-state index contributed by atoms with van der Waals surface area (Å²) in [4.78, 5) is 4.02. The van der Waals surface area contributed by atoms with Gasteiger partial charge in [-0.15, -0.1) is 0 Å². The summed E-state index contributed by atoms with van der Waals surface area (Å²) in [6.07, 6.45) is 2.68. The van der Waals surface area contributed by atoms with Gasteiger partial charge in [0, 0.05) is 18.7 Å². The molecule has 0 aromatic heterocycles. The number of aliphatic hydroxyl groups is 1. The monoisotopic (exact) mass is 166 g/mol. The van der Waals surface area contributed by atoms with Crippen molar-refractivity contribution in [3.63, 3.8) is 0 Å². The van der Waals surface area contributed by atoms with Crippen LogP contribution in [0.2, 0.25) is 0 Å². The number of hydrogen-bond acceptors (Lipinski definition) is 2. The van der Waals surface area contributed by atoms with Gasteiger partial charge in [-0.1, -0.05) is 12.5 Å². The Balaban J connectivity index is 3.04. The molecule has 3 nitrogen and oxygen atoms in total. The minimum absolute atomic E-state index is 0.179. The van der Waals surface area contributed by atoms with E-state index < -0.39 is 0 Å². The van der Waals surface area contributed by atoms with Crippen molar-refractivity contribution in [2.45, 2.75) is 20.3 Å². The maximum absolute atomic E-state index is 9.18. The predicted octanol–water partition coefficient (Wildman–Crippen LogP) is 1.74. The lowest BCUT2D eigenvalue weighted by Crippen LogP contribution is -2.17. The van der Waals surface area contributed by atoms with E-state index in [4.69, 9.17) is 0 Å². The van der Waals surface area contributed by atoms with Gasteiger partial charge < -0.3 is 10.4 Å². The number of allylic oxidation sites excluding steroid dienone is 1. The maximum Gasteiger partial charge on any atom is 0.190 e. The van der Waals surface area contributed by atoms with Crippen LogP contribution in [0.25, 0.3) is 0 Å². The highest BCUT2D eigenvalue weighted by Crippen LogP contribution is 2.16. The average Bonchev–Trinajstić information content (AvgIpc) is 2.45. The molecule has 0 spiro atoms. The molecule has 0 aromatic carbocycles. The van der Waals surface area contributed by atoms with Crippen molar-refractivity contribution < 1.29 is 5.11 Å². The highest BCUT2D eigenvalue weighted by Gasteiger charge is 2.15. The summed E-state index contributed by atoms with van der Waals surface area (Å²) in [7, 11) is 1.71. The predicted molar refractivity (Wildman–Crippen MR) is 50.2 cm³/mol. The number of nitrogens with zero attached hydrogens (tertiary/aromatic N) is 1. The van der Waals surface area contributed by atoms with Crippen LogP contribution in [0.4, 0.5) is 0 Å². The molecule has 66 valence electrons.